The molecule has 0 fully saturated rings. The first-order valence-corrected chi connectivity index (χ1v) is 5.16. The van der Waals surface area contributed by atoms with Crippen LogP contribution in [-0.2, 0) is 0 Å². The van der Waals surface area contributed by atoms with Crippen LogP contribution < -0.4 is 15.0 Å². The van der Waals surface area contributed by atoms with Crippen LogP contribution in [0.25, 0.3) is 11.3 Å². The molecule has 0 saturated heterocycles. The zero-order valence-electron chi connectivity index (χ0n) is 9.69. The minimum absolute atomic E-state index is 0.128. The van der Waals surface area contributed by atoms with E-state index >= 15 is 0 Å². The van der Waals surface area contributed by atoms with Crippen molar-refractivity contribution in [3.8, 4) is 22.8 Å². The third-order valence-electron chi connectivity index (χ3n) is 2.46. The van der Waals surface area contributed by atoms with Crippen LogP contribution in [0.4, 0.5) is 0 Å². The number of aromatic nitrogens is 1. The maximum Gasteiger partial charge on any atom is 0.248 e. The van der Waals surface area contributed by atoms with Crippen LogP contribution in [0.5, 0.6) is 11.5 Å². The molecule has 1 N–H and O–H groups in total. The molecule has 4 nitrogen and oxygen atoms in total. The third-order valence-corrected chi connectivity index (χ3v) is 2.46. The molecule has 1 aromatic carbocycles. The number of H-pyrrole nitrogens is 1. The van der Waals surface area contributed by atoms with Gasteiger partial charge in [0.25, 0.3) is 0 Å². The van der Waals surface area contributed by atoms with E-state index in [0.29, 0.717) is 11.5 Å². The standard InChI is InChI=1S/C13H13NO3/c1-16-11-7-6-9(8-12(11)17-2)10-4-3-5-13(15)14-10/h3-8H,1-2H3,(H,14,15). The van der Waals surface area contributed by atoms with Gasteiger partial charge < -0.3 is 14.5 Å². The van der Waals surface area contributed by atoms with Crippen LogP contribution in [0.3, 0.4) is 0 Å². The number of hydrogen-bond acceptors (Lipinski definition) is 3. The van der Waals surface area contributed by atoms with Gasteiger partial charge in [0.2, 0.25) is 5.56 Å². The second kappa shape index (κ2) is 4.74. The first-order valence-electron chi connectivity index (χ1n) is 5.16. The maximum absolute atomic E-state index is 11.2. The second-order valence-electron chi connectivity index (χ2n) is 3.50. The molecule has 4 heteroatoms. The molecule has 0 aliphatic heterocycles. The average Bonchev–Trinajstić information content (AvgIpc) is 2.38. The maximum atomic E-state index is 11.2. The zero-order chi connectivity index (χ0) is 12.3. The van der Waals surface area contributed by atoms with Crippen LogP contribution in [0.2, 0.25) is 0 Å². The van der Waals surface area contributed by atoms with Gasteiger partial charge in [0.05, 0.1) is 14.2 Å². The lowest BCUT2D eigenvalue weighted by molar-refractivity contribution is 0.355. The van der Waals surface area contributed by atoms with Gasteiger partial charge in [-0.25, -0.2) is 0 Å². The Labute approximate surface area is 98.8 Å². The van der Waals surface area contributed by atoms with E-state index in [4.69, 9.17) is 9.47 Å². The fourth-order valence-corrected chi connectivity index (χ4v) is 1.62. The topological polar surface area (TPSA) is 51.3 Å². The zero-order valence-corrected chi connectivity index (χ0v) is 9.69. The Balaban J connectivity index is 2.50. The predicted molar refractivity (Wildman–Crippen MR) is 65.6 cm³/mol. The van der Waals surface area contributed by atoms with E-state index < -0.39 is 0 Å². The molecule has 88 valence electrons. The number of methoxy groups -OCH3 is 2. The fraction of sp³-hybridized carbons (Fsp3) is 0.154. The number of aromatic amines is 1. The van der Waals surface area contributed by atoms with Gasteiger partial charge in [-0.2, -0.15) is 0 Å². The van der Waals surface area contributed by atoms with E-state index in [1.807, 2.05) is 18.2 Å². The number of rotatable bonds is 3. The van der Waals surface area contributed by atoms with E-state index in [9.17, 15) is 4.79 Å². The lowest BCUT2D eigenvalue weighted by Gasteiger charge is -2.09. The quantitative estimate of drug-likeness (QED) is 0.879. The van der Waals surface area contributed by atoms with Crippen molar-refractivity contribution in [3.63, 3.8) is 0 Å². The Hall–Kier alpha value is -2.23. The summed E-state index contributed by atoms with van der Waals surface area (Å²) in [7, 11) is 3.16. The normalized spacial score (nSPS) is 10.0. The molecule has 17 heavy (non-hydrogen) atoms. The summed E-state index contributed by atoms with van der Waals surface area (Å²) in [6.45, 7) is 0. The van der Waals surface area contributed by atoms with Crippen molar-refractivity contribution < 1.29 is 9.47 Å². The molecule has 0 amide bonds. The largest absolute Gasteiger partial charge is 0.493 e. The van der Waals surface area contributed by atoms with Gasteiger partial charge in [0.15, 0.2) is 11.5 Å². The molecule has 0 bridgehead atoms. The minimum Gasteiger partial charge on any atom is -0.493 e. The highest BCUT2D eigenvalue weighted by atomic mass is 16.5. The Bertz CT molecular complexity index is 575. The molecule has 2 aromatic rings. The molecule has 0 atom stereocenters. The van der Waals surface area contributed by atoms with E-state index in [0.717, 1.165) is 11.3 Å². The summed E-state index contributed by atoms with van der Waals surface area (Å²) in [5, 5.41) is 0. The van der Waals surface area contributed by atoms with Crippen LogP contribution in [0.1, 0.15) is 0 Å². The van der Waals surface area contributed by atoms with Crippen LogP contribution in [0, 0.1) is 0 Å². The molecular formula is C13H13NO3. The lowest BCUT2D eigenvalue weighted by Crippen LogP contribution is -2.03. The van der Waals surface area contributed by atoms with Crippen molar-refractivity contribution in [2.75, 3.05) is 14.2 Å². The van der Waals surface area contributed by atoms with Gasteiger partial charge in [-0.1, -0.05) is 6.07 Å². The summed E-state index contributed by atoms with van der Waals surface area (Å²) in [5.74, 6) is 1.30. The number of ether oxygens (including phenoxy) is 2. The summed E-state index contributed by atoms with van der Waals surface area (Å²) in [5.41, 5.74) is 1.50. The van der Waals surface area contributed by atoms with E-state index in [1.165, 1.54) is 6.07 Å². The SMILES string of the molecule is COc1ccc(-c2cccc(=O)[nH]2)cc1OC. The summed E-state index contributed by atoms with van der Waals surface area (Å²) < 4.78 is 10.4. The molecule has 0 saturated carbocycles. The van der Waals surface area contributed by atoms with Gasteiger partial charge >= 0.3 is 0 Å². The summed E-state index contributed by atoms with van der Waals surface area (Å²) in [6.07, 6.45) is 0. The highest BCUT2D eigenvalue weighted by Gasteiger charge is 2.06. The van der Waals surface area contributed by atoms with Gasteiger partial charge in [-0.15, -0.1) is 0 Å². The first kappa shape index (κ1) is 11.3. The van der Waals surface area contributed by atoms with Crippen LogP contribution in [0.15, 0.2) is 41.2 Å². The molecule has 0 spiro atoms. The Kier molecular flexibility index (Phi) is 3.14. The second-order valence-corrected chi connectivity index (χ2v) is 3.50. The molecule has 0 unspecified atom stereocenters. The summed E-state index contributed by atoms with van der Waals surface area (Å²) in [4.78, 5) is 14.0. The summed E-state index contributed by atoms with van der Waals surface area (Å²) >= 11 is 0. The monoisotopic (exact) mass is 231 g/mol. The molecule has 0 aliphatic rings. The molecule has 1 aromatic heterocycles. The van der Waals surface area contributed by atoms with Gasteiger partial charge in [-0.05, 0) is 24.3 Å². The third kappa shape index (κ3) is 2.30. The molecule has 1 heterocycles. The summed E-state index contributed by atoms with van der Waals surface area (Å²) in [6, 6.07) is 10.5. The van der Waals surface area contributed by atoms with Crippen molar-refractivity contribution in [2.45, 2.75) is 0 Å². The highest BCUT2D eigenvalue weighted by Crippen LogP contribution is 2.31. The molecule has 2 rings (SSSR count). The van der Waals surface area contributed by atoms with E-state index in [2.05, 4.69) is 4.98 Å². The van der Waals surface area contributed by atoms with E-state index in [-0.39, 0.29) is 5.56 Å². The molecular weight excluding hydrogens is 218 g/mol. The molecule has 0 aliphatic carbocycles. The average molecular weight is 231 g/mol. The lowest BCUT2D eigenvalue weighted by atomic mass is 10.1. The highest BCUT2D eigenvalue weighted by molar-refractivity contribution is 5.63. The van der Waals surface area contributed by atoms with Crippen molar-refractivity contribution in [1.29, 1.82) is 0 Å². The smallest absolute Gasteiger partial charge is 0.248 e. The predicted octanol–water partition coefficient (Wildman–Crippen LogP) is 2.06. The Morgan fingerprint density at radius 3 is 2.41 bits per heavy atom. The van der Waals surface area contributed by atoms with E-state index in [1.54, 1.807) is 26.4 Å². The first-order chi connectivity index (χ1) is 8.24. The molecule has 0 radical (unpaired) electrons. The van der Waals surface area contributed by atoms with Crippen molar-refractivity contribution in [1.82, 2.24) is 4.98 Å². The number of pyridine rings is 1. The van der Waals surface area contributed by atoms with Gasteiger partial charge in [-0.3, -0.25) is 4.79 Å². The Morgan fingerprint density at radius 1 is 1.00 bits per heavy atom. The van der Waals surface area contributed by atoms with Crippen molar-refractivity contribution in [3.05, 3.63) is 46.8 Å². The number of hydrogen-bond donors (Lipinski definition) is 1. The Morgan fingerprint density at radius 2 is 1.76 bits per heavy atom. The van der Waals surface area contributed by atoms with Crippen molar-refractivity contribution >= 4 is 0 Å². The van der Waals surface area contributed by atoms with Crippen molar-refractivity contribution in [2.24, 2.45) is 0 Å². The fourth-order valence-electron chi connectivity index (χ4n) is 1.62. The van der Waals surface area contributed by atoms with Gasteiger partial charge in [0.1, 0.15) is 0 Å². The van der Waals surface area contributed by atoms with Crippen LogP contribution in [-0.4, -0.2) is 19.2 Å². The van der Waals surface area contributed by atoms with Gasteiger partial charge in [0, 0.05) is 17.3 Å². The number of benzene rings is 1. The number of nitrogens with one attached hydrogen (secondary N) is 1. The van der Waals surface area contributed by atoms with Crippen LogP contribution >= 0.6 is 0 Å². The minimum atomic E-state index is -0.128.